The van der Waals surface area contributed by atoms with Gasteiger partial charge in [0.25, 0.3) is 0 Å². The Balaban J connectivity index is 2.15. The predicted molar refractivity (Wildman–Crippen MR) is 82.5 cm³/mol. The molecule has 3 rings (SSSR count). The van der Waals surface area contributed by atoms with Crippen molar-refractivity contribution in [3.63, 3.8) is 0 Å². The van der Waals surface area contributed by atoms with E-state index in [2.05, 4.69) is 5.32 Å². The maximum absolute atomic E-state index is 13.8. The molecule has 0 radical (unpaired) electrons. The molecule has 1 heterocycles. The molecule has 1 aliphatic rings. The summed E-state index contributed by atoms with van der Waals surface area (Å²) >= 11 is 0. The standard InChI is InChI=1S/C16H15F3NO2P/c1-22-15(16(17,18)19)14(20-15)23(21,12-8-4-2-5-9-12)13-10-6-3-7-11-13/h2-11,14,20H,1H3/t14-,15+/m0/s1. The van der Waals surface area contributed by atoms with Gasteiger partial charge in [-0.1, -0.05) is 60.7 Å². The van der Waals surface area contributed by atoms with Gasteiger partial charge in [-0.25, -0.2) is 0 Å². The van der Waals surface area contributed by atoms with Crippen molar-refractivity contribution in [2.24, 2.45) is 0 Å². The molecular formula is C16H15F3NO2P. The number of benzene rings is 2. The van der Waals surface area contributed by atoms with Gasteiger partial charge in [0.05, 0.1) is 0 Å². The van der Waals surface area contributed by atoms with E-state index in [4.69, 9.17) is 4.74 Å². The first-order valence-corrected chi connectivity index (χ1v) is 8.74. The number of hydrogen-bond acceptors (Lipinski definition) is 3. The van der Waals surface area contributed by atoms with Crippen molar-refractivity contribution in [2.75, 3.05) is 7.11 Å². The van der Waals surface area contributed by atoms with E-state index in [1.54, 1.807) is 60.7 Å². The van der Waals surface area contributed by atoms with E-state index in [0.29, 0.717) is 10.6 Å². The Kier molecular flexibility index (Phi) is 3.87. The smallest absolute Gasteiger partial charge is 0.354 e. The first-order chi connectivity index (χ1) is 10.9. The number of methoxy groups -OCH3 is 1. The van der Waals surface area contributed by atoms with E-state index in [9.17, 15) is 17.7 Å². The molecule has 23 heavy (non-hydrogen) atoms. The van der Waals surface area contributed by atoms with Gasteiger partial charge in [-0.15, -0.1) is 0 Å². The van der Waals surface area contributed by atoms with Gasteiger partial charge in [-0.2, -0.15) is 13.2 Å². The fraction of sp³-hybridized carbons (Fsp3) is 0.250. The van der Waals surface area contributed by atoms with Crippen LogP contribution in [0.1, 0.15) is 0 Å². The van der Waals surface area contributed by atoms with Crippen LogP contribution in [0.5, 0.6) is 0 Å². The molecule has 122 valence electrons. The quantitative estimate of drug-likeness (QED) is 0.687. The average molecular weight is 341 g/mol. The minimum absolute atomic E-state index is 0.367. The minimum atomic E-state index is -4.66. The molecule has 0 amide bonds. The Morgan fingerprint density at radius 2 is 1.43 bits per heavy atom. The fourth-order valence-electron chi connectivity index (χ4n) is 2.78. The molecular weight excluding hydrogens is 326 g/mol. The molecule has 2 aromatic carbocycles. The van der Waals surface area contributed by atoms with Crippen LogP contribution >= 0.6 is 7.14 Å². The number of hydrogen-bond donors (Lipinski definition) is 1. The second-order valence-corrected chi connectivity index (χ2v) is 8.18. The maximum Gasteiger partial charge on any atom is 0.433 e. The summed E-state index contributed by atoms with van der Waals surface area (Å²) in [5, 5.41) is 3.03. The number of ether oxygens (including phenoxy) is 1. The third kappa shape index (κ3) is 2.42. The highest BCUT2D eigenvalue weighted by molar-refractivity contribution is 7.79. The molecule has 2 aromatic rings. The second kappa shape index (κ2) is 5.48. The largest absolute Gasteiger partial charge is 0.433 e. The lowest BCUT2D eigenvalue weighted by Crippen LogP contribution is -2.40. The van der Waals surface area contributed by atoms with Crippen LogP contribution in [0.3, 0.4) is 0 Å². The molecule has 3 nitrogen and oxygen atoms in total. The molecule has 0 spiro atoms. The van der Waals surface area contributed by atoms with Crippen LogP contribution in [-0.2, 0) is 9.30 Å². The van der Waals surface area contributed by atoms with Crippen LogP contribution in [0.25, 0.3) is 0 Å². The van der Waals surface area contributed by atoms with Gasteiger partial charge in [0, 0.05) is 17.7 Å². The Morgan fingerprint density at radius 1 is 1.00 bits per heavy atom. The molecule has 1 fully saturated rings. The van der Waals surface area contributed by atoms with Crippen molar-refractivity contribution in [3.05, 3.63) is 60.7 Å². The zero-order valence-electron chi connectivity index (χ0n) is 12.2. The van der Waals surface area contributed by atoms with Crippen molar-refractivity contribution >= 4 is 17.8 Å². The zero-order valence-corrected chi connectivity index (χ0v) is 13.1. The zero-order chi connectivity index (χ0) is 16.7. The fourth-order valence-corrected chi connectivity index (χ4v) is 6.04. The highest BCUT2D eigenvalue weighted by Gasteiger charge is 2.77. The first kappa shape index (κ1) is 16.2. The SMILES string of the molecule is CO[C@]1(C(F)(F)F)N[C@H]1P(=O)(c1ccccc1)c1ccccc1. The molecule has 2 atom stereocenters. The summed E-state index contributed by atoms with van der Waals surface area (Å²) in [5.41, 5.74) is -2.58. The first-order valence-electron chi connectivity index (χ1n) is 6.97. The summed E-state index contributed by atoms with van der Waals surface area (Å²) in [5.74, 6) is -1.34. The Hall–Kier alpha value is -1.62. The van der Waals surface area contributed by atoms with E-state index in [1.807, 2.05) is 0 Å². The maximum atomic E-state index is 13.8. The molecule has 7 heteroatoms. The summed E-state index contributed by atoms with van der Waals surface area (Å²) in [7, 11) is -2.60. The molecule has 0 aliphatic carbocycles. The number of halogens is 3. The normalized spacial score (nSPS) is 24.4. The summed E-state index contributed by atoms with van der Waals surface area (Å²) in [6.45, 7) is 0. The lowest BCUT2D eigenvalue weighted by Gasteiger charge is -2.23. The van der Waals surface area contributed by atoms with Crippen LogP contribution in [0, 0.1) is 0 Å². The number of alkyl halides is 3. The van der Waals surface area contributed by atoms with Crippen LogP contribution in [0.15, 0.2) is 60.7 Å². The van der Waals surface area contributed by atoms with Gasteiger partial charge in [0.15, 0.2) is 7.14 Å². The second-order valence-electron chi connectivity index (χ2n) is 5.31. The Labute approximate surface area is 131 Å². The monoisotopic (exact) mass is 341 g/mol. The summed E-state index contributed by atoms with van der Waals surface area (Å²) in [6, 6.07) is 16.5. The third-order valence-electron chi connectivity index (χ3n) is 4.04. The highest BCUT2D eigenvalue weighted by Crippen LogP contribution is 2.62. The van der Waals surface area contributed by atoms with Gasteiger partial charge in [-0.05, 0) is 0 Å². The molecule has 0 aromatic heterocycles. The van der Waals surface area contributed by atoms with E-state index in [-0.39, 0.29) is 0 Å². The van der Waals surface area contributed by atoms with Crippen LogP contribution in [-0.4, -0.2) is 24.8 Å². The van der Waals surface area contributed by atoms with E-state index < -0.39 is 24.8 Å². The summed E-state index contributed by atoms with van der Waals surface area (Å²) < 4.78 is 58.7. The molecule has 0 saturated carbocycles. The van der Waals surface area contributed by atoms with Crippen molar-refractivity contribution in [2.45, 2.75) is 17.7 Å². The van der Waals surface area contributed by atoms with Gasteiger partial charge in [0.2, 0.25) is 5.72 Å². The van der Waals surface area contributed by atoms with E-state index in [0.717, 1.165) is 7.11 Å². The molecule has 1 saturated heterocycles. The Morgan fingerprint density at radius 3 is 1.74 bits per heavy atom. The average Bonchev–Trinajstić information content (AvgIpc) is 3.32. The van der Waals surface area contributed by atoms with Gasteiger partial charge < -0.3 is 9.30 Å². The van der Waals surface area contributed by atoms with Gasteiger partial charge in [0.1, 0.15) is 5.78 Å². The third-order valence-corrected chi connectivity index (χ3v) is 7.39. The summed E-state index contributed by atoms with van der Waals surface area (Å²) in [4.78, 5) is 0. The lowest BCUT2D eigenvalue weighted by atomic mass is 10.4. The Bertz CT molecular complexity index is 692. The predicted octanol–water partition coefficient (Wildman–Crippen LogP) is 2.83. The van der Waals surface area contributed by atoms with E-state index in [1.165, 1.54) is 0 Å². The topological polar surface area (TPSA) is 48.2 Å². The number of rotatable bonds is 4. The van der Waals surface area contributed by atoms with Crippen molar-refractivity contribution in [1.29, 1.82) is 0 Å². The van der Waals surface area contributed by atoms with Crippen LogP contribution in [0.2, 0.25) is 0 Å². The van der Waals surface area contributed by atoms with Gasteiger partial charge >= 0.3 is 6.18 Å². The van der Waals surface area contributed by atoms with Crippen molar-refractivity contribution < 1.29 is 22.5 Å². The van der Waals surface area contributed by atoms with E-state index >= 15 is 0 Å². The molecule has 0 bridgehead atoms. The highest BCUT2D eigenvalue weighted by atomic mass is 31.2. The van der Waals surface area contributed by atoms with Crippen molar-refractivity contribution in [1.82, 2.24) is 5.32 Å². The van der Waals surface area contributed by atoms with Crippen LogP contribution < -0.4 is 15.9 Å². The minimum Gasteiger partial charge on any atom is -0.354 e. The van der Waals surface area contributed by atoms with Crippen LogP contribution in [0.4, 0.5) is 13.2 Å². The number of nitrogens with one attached hydrogen (secondary N) is 1. The van der Waals surface area contributed by atoms with Crippen molar-refractivity contribution in [3.8, 4) is 0 Å². The molecule has 1 aliphatic heterocycles. The molecule has 0 unspecified atom stereocenters. The summed E-state index contributed by atoms with van der Waals surface area (Å²) in [6.07, 6.45) is -4.66. The lowest BCUT2D eigenvalue weighted by molar-refractivity contribution is -0.230. The van der Waals surface area contributed by atoms with Gasteiger partial charge in [-0.3, -0.25) is 5.32 Å². The molecule has 1 N–H and O–H groups in total.